The molecule has 3 rings (SSSR count). The molecule has 2 aromatic rings. The van der Waals surface area contributed by atoms with E-state index in [0.29, 0.717) is 19.7 Å². The van der Waals surface area contributed by atoms with Crippen molar-refractivity contribution in [1.29, 1.82) is 0 Å². The van der Waals surface area contributed by atoms with E-state index < -0.39 is 0 Å². The van der Waals surface area contributed by atoms with Gasteiger partial charge in [0.2, 0.25) is 0 Å². The van der Waals surface area contributed by atoms with E-state index in [1.807, 2.05) is 48.5 Å². The van der Waals surface area contributed by atoms with Gasteiger partial charge in [-0.3, -0.25) is 4.84 Å². The average Bonchev–Trinajstić information content (AvgIpc) is 2.63. The Morgan fingerprint density at radius 1 is 1.12 bits per heavy atom. The van der Waals surface area contributed by atoms with Gasteiger partial charge >= 0.3 is 6.03 Å². The van der Waals surface area contributed by atoms with Crippen LogP contribution < -0.4 is 5.48 Å². The summed E-state index contributed by atoms with van der Waals surface area (Å²) in [5.74, 6) is 0.256. The fourth-order valence-corrected chi connectivity index (χ4v) is 2.61. The first-order chi connectivity index (χ1) is 11.7. The fraction of sp³-hybridized carbons (Fsp3) is 0.211. The van der Waals surface area contributed by atoms with Crippen LogP contribution in [-0.4, -0.2) is 29.1 Å². The van der Waals surface area contributed by atoms with E-state index in [2.05, 4.69) is 5.48 Å². The molecule has 5 heteroatoms. The SMILES string of the molecule is O=C(NOCc1ccccc1)N1CC=C(c2ccc(O)cc2)CC1. The number of benzene rings is 2. The van der Waals surface area contributed by atoms with Crippen molar-refractivity contribution in [3.05, 3.63) is 71.8 Å². The van der Waals surface area contributed by atoms with Crippen LogP contribution in [0.5, 0.6) is 5.75 Å². The molecule has 0 saturated heterocycles. The molecule has 5 nitrogen and oxygen atoms in total. The minimum Gasteiger partial charge on any atom is -0.508 e. The predicted octanol–water partition coefficient (Wildman–Crippen LogP) is 3.32. The molecular weight excluding hydrogens is 304 g/mol. The van der Waals surface area contributed by atoms with E-state index in [4.69, 9.17) is 4.84 Å². The van der Waals surface area contributed by atoms with Gasteiger partial charge in [-0.25, -0.2) is 10.3 Å². The third-order valence-corrected chi connectivity index (χ3v) is 3.98. The molecule has 0 saturated carbocycles. The molecule has 0 aromatic heterocycles. The summed E-state index contributed by atoms with van der Waals surface area (Å²) in [7, 11) is 0. The number of carbonyl (C=O) groups is 1. The van der Waals surface area contributed by atoms with Crippen molar-refractivity contribution in [3.63, 3.8) is 0 Å². The number of urea groups is 1. The second-order valence-corrected chi connectivity index (χ2v) is 5.65. The summed E-state index contributed by atoms with van der Waals surface area (Å²) in [6.07, 6.45) is 2.81. The van der Waals surface area contributed by atoms with Gasteiger partial charge in [0, 0.05) is 13.1 Å². The molecule has 2 aromatic carbocycles. The van der Waals surface area contributed by atoms with Crippen molar-refractivity contribution in [2.24, 2.45) is 0 Å². The smallest absolute Gasteiger partial charge is 0.341 e. The lowest BCUT2D eigenvalue weighted by Gasteiger charge is -2.26. The molecule has 0 aliphatic carbocycles. The van der Waals surface area contributed by atoms with Gasteiger partial charge in [-0.1, -0.05) is 48.5 Å². The van der Waals surface area contributed by atoms with Gasteiger partial charge in [-0.2, -0.15) is 0 Å². The predicted molar refractivity (Wildman–Crippen MR) is 92.0 cm³/mol. The topological polar surface area (TPSA) is 61.8 Å². The summed E-state index contributed by atoms with van der Waals surface area (Å²) < 4.78 is 0. The van der Waals surface area contributed by atoms with Crippen molar-refractivity contribution in [3.8, 4) is 5.75 Å². The Labute approximate surface area is 141 Å². The number of phenolic OH excluding ortho intramolecular Hbond substituents is 1. The number of hydrogen-bond donors (Lipinski definition) is 2. The lowest BCUT2D eigenvalue weighted by atomic mass is 9.99. The Kier molecular flexibility index (Phi) is 5.13. The molecule has 0 radical (unpaired) electrons. The van der Waals surface area contributed by atoms with Crippen molar-refractivity contribution >= 4 is 11.6 Å². The molecule has 1 aliphatic rings. The zero-order valence-electron chi connectivity index (χ0n) is 13.3. The van der Waals surface area contributed by atoms with Crippen LogP contribution in [0.15, 0.2) is 60.7 Å². The minimum atomic E-state index is -0.230. The Morgan fingerprint density at radius 3 is 2.54 bits per heavy atom. The monoisotopic (exact) mass is 324 g/mol. The van der Waals surface area contributed by atoms with Gasteiger partial charge in [0.05, 0.1) is 6.61 Å². The second kappa shape index (κ2) is 7.66. The molecule has 0 bridgehead atoms. The van der Waals surface area contributed by atoms with E-state index in [1.54, 1.807) is 17.0 Å². The van der Waals surface area contributed by atoms with E-state index in [1.165, 1.54) is 5.57 Å². The van der Waals surface area contributed by atoms with Crippen LogP contribution in [0.1, 0.15) is 17.5 Å². The number of rotatable bonds is 4. The van der Waals surface area contributed by atoms with Gasteiger partial charge in [0.15, 0.2) is 0 Å². The van der Waals surface area contributed by atoms with Crippen LogP contribution in [-0.2, 0) is 11.4 Å². The summed E-state index contributed by atoms with van der Waals surface area (Å²) in [5.41, 5.74) is 5.75. The summed E-state index contributed by atoms with van der Waals surface area (Å²) in [6.45, 7) is 1.51. The molecule has 2 N–H and O–H groups in total. The van der Waals surface area contributed by atoms with Crippen LogP contribution >= 0.6 is 0 Å². The number of hydroxylamine groups is 1. The molecule has 0 spiro atoms. The highest BCUT2D eigenvalue weighted by Crippen LogP contribution is 2.23. The summed E-state index contributed by atoms with van der Waals surface area (Å²) >= 11 is 0. The number of amides is 2. The Hall–Kier alpha value is -2.79. The Bertz CT molecular complexity index is 711. The Balaban J connectivity index is 1.48. The van der Waals surface area contributed by atoms with Crippen LogP contribution in [0.4, 0.5) is 4.79 Å². The summed E-state index contributed by atoms with van der Waals surface area (Å²) in [6, 6.07) is 16.6. The third-order valence-electron chi connectivity index (χ3n) is 3.98. The number of hydrogen-bond acceptors (Lipinski definition) is 3. The molecule has 0 atom stereocenters. The van der Waals surface area contributed by atoms with E-state index in [9.17, 15) is 9.90 Å². The number of nitrogens with zero attached hydrogens (tertiary/aromatic N) is 1. The summed E-state index contributed by atoms with van der Waals surface area (Å²) in [4.78, 5) is 19.1. The van der Waals surface area contributed by atoms with Crippen LogP contribution in [0.25, 0.3) is 5.57 Å². The van der Waals surface area contributed by atoms with Crippen molar-refractivity contribution in [1.82, 2.24) is 10.4 Å². The molecular formula is C19H20N2O3. The van der Waals surface area contributed by atoms with Crippen LogP contribution in [0, 0.1) is 0 Å². The maximum atomic E-state index is 12.1. The largest absolute Gasteiger partial charge is 0.508 e. The molecule has 0 unspecified atom stereocenters. The van der Waals surface area contributed by atoms with Gasteiger partial charge in [-0.05, 0) is 35.3 Å². The molecule has 0 fully saturated rings. The average molecular weight is 324 g/mol. The van der Waals surface area contributed by atoms with Crippen molar-refractivity contribution in [2.75, 3.05) is 13.1 Å². The number of phenols is 1. The van der Waals surface area contributed by atoms with Gasteiger partial charge < -0.3 is 10.0 Å². The van der Waals surface area contributed by atoms with Crippen LogP contribution in [0.3, 0.4) is 0 Å². The third kappa shape index (κ3) is 4.14. The van der Waals surface area contributed by atoms with E-state index in [-0.39, 0.29) is 11.8 Å². The standard InChI is InChI=1S/C19H20N2O3/c22-18-8-6-16(7-9-18)17-10-12-21(13-11-17)19(23)20-24-14-15-4-2-1-3-5-15/h1-10,22H,11-14H2,(H,20,23). The Morgan fingerprint density at radius 2 is 1.88 bits per heavy atom. The van der Waals surface area contributed by atoms with E-state index in [0.717, 1.165) is 17.5 Å². The highest BCUT2D eigenvalue weighted by atomic mass is 16.7. The number of nitrogens with one attached hydrogen (secondary N) is 1. The quantitative estimate of drug-likeness (QED) is 0.848. The van der Waals surface area contributed by atoms with Crippen molar-refractivity contribution < 1.29 is 14.7 Å². The zero-order valence-corrected chi connectivity index (χ0v) is 13.3. The minimum absolute atomic E-state index is 0.230. The number of carbonyl (C=O) groups excluding carboxylic acids is 1. The second-order valence-electron chi connectivity index (χ2n) is 5.65. The first kappa shape index (κ1) is 16.1. The van der Waals surface area contributed by atoms with Gasteiger partial charge in [-0.15, -0.1) is 0 Å². The highest BCUT2D eigenvalue weighted by Gasteiger charge is 2.17. The molecule has 124 valence electrons. The first-order valence-electron chi connectivity index (χ1n) is 7.91. The lowest BCUT2D eigenvalue weighted by Crippen LogP contribution is -2.42. The van der Waals surface area contributed by atoms with Crippen molar-refractivity contribution in [2.45, 2.75) is 13.0 Å². The maximum Gasteiger partial charge on any atom is 0.341 e. The molecule has 24 heavy (non-hydrogen) atoms. The normalized spacial score (nSPS) is 14.2. The molecule has 1 heterocycles. The maximum absolute atomic E-state index is 12.1. The van der Waals surface area contributed by atoms with Gasteiger partial charge in [0.25, 0.3) is 0 Å². The first-order valence-corrected chi connectivity index (χ1v) is 7.91. The molecule has 1 aliphatic heterocycles. The highest BCUT2D eigenvalue weighted by molar-refractivity contribution is 5.76. The molecule has 2 amide bonds. The van der Waals surface area contributed by atoms with Gasteiger partial charge in [0.1, 0.15) is 5.75 Å². The zero-order chi connectivity index (χ0) is 16.8. The number of aromatic hydroxyl groups is 1. The summed E-state index contributed by atoms with van der Waals surface area (Å²) in [5, 5.41) is 9.34. The fourth-order valence-electron chi connectivity index (χ4n) is 2.61. The van der Waals surface area contributed by atoms with E-state index >= 15 is 0 Å². The lowest BCUT2D eigenvalue weighted by molar-refractivity contribution is 0.0375. The van der Waals surface area contributed by atoms with Crippen LogP contribution in [0.2, 0.25) is 0 Å².